The van der Waals surface area contributed by atoms with Gasteiger partial charge in [0, 0.05) is 23.8 Å². The number of hydrogen-bond donors (Lipinski definition) is 2. The third-order valence-electron chi connectivity index (χ3n) is 4.52. The van der Waals surface area contributed by atoms with Crippen LogP contribution in [0.4, 0.5) is 18.9 Å². The predicted octanol–water partition coefficient (Wildman–Crippen LogP) is 4.93. The van der Waals surface area contributed by atoms with E-state index in [4.69, 9.17) is 10.5 Å². The molecule has 6 nitrogen and oxygen atoms in total. The number of halogens is 3. The molecule has 0 unspecified atom stereocenters. The fourth-order valence-electron chi connectivity index (χ4n) is 3.06. The van der Waals surface area contributed by atoms with Crippen molar-refractivity contribution in [2.24, 2.45) is 10.7 Å². The first kappa shape index (κ1) is 22.7. The van der Waals surface area contributed by atoms with Gasteiger partial charge in [0.15, 0.2) is 5.69 Å². The van der Waals surface area contributed by atoms with Crippen molar-refractivity contribution < 1.29 is 17.9 Å². The highest BCUT2D eigenvalue weighted by molar-refractivity contribution is 8.02. The molecular weight excluding hydrogens is 427 g/mol. The number of imidazole rings is 1. The molecule has 0 atom stereocenters. The molecule has 0 bridgehead atoms. The molecule has 0 saturated carbocycles. The number of hydrogen-bond acceptors (Lipinski definition) is 6. The molecule has 0 spiro atoms. The number of aromatic nitrogens is 2. The highest BCUT2D eigenvalue weighted by Crippen LogP contribution is 2.37. The molecule has 0 aliphatic carbocycles. The highest BCUT2D eigenvalue weighted by Gasteiger charge is 2.39. The van der Waals surface area contributed by atoms with E-state index in [9.17, 15) is 13.2 Å². The van der Waals surface area contributed by atoms with Crippen LogP contribution in [0.5, 0.6) is 5.75 Å². The summed E-state index contributed by atoms with van der Waals surface area (Å²) < 4.78 is 47.7. The van der Waals surface area contributed by atoms with E-state index in [1.165, 1.54) is 21.6 Å². The van der Waals surface area contributed by atoms with Gasteiger partial charge in [-0.25, -0.2) is 4.98 Å². The maximum absolute atomic E-state index is 13.7. The Morgan fingerprint density at radius 1 is 1.35 bits per heavy atom. The summed E-state index contributed by atoms with van der Waals surface area (Å²) >= 11 is 1.26. The van der Waals surface area contributed by atoms with Crippen LogP contribution in [0.15, 0.2) is 46.9 Å². The number of pyridine rings is 1. The number of ether oxygens (including phenoxy) is 1. The molecule has 2 aromatic heterocycles. The summed E-state index contributed by atoms with van der Waals surface area (Å²) in [6, 6.07) is 9.04. The Labute approximate surface area is 182 Å². The van der Waals surface area contributed by atoms with Crippen molar-refractivity contribution in [1.29, 1.82) is 0 Å². The summed E-state index contributed by atoms with van der Waals surface area (Å²) in [4.78, 5) is 7.71. The van der Waals surface area contributed by atoms with Crippen molar-refractivity contribution in [3.05, 3.63) is 64.5 Å². The number of rotatable bonds is 8. The van der Waals surface area contributed by atoms with Crippen molar-refractivity contribution in [3.63, 3.8) is 0 Å². The highest BCUT2D eigenvalue weighted by atomic mass is 32.2. The molecule has 0 aliphatic rings. The molecule has 3 aromatic rings. The third-order valence-corrected chi connectivity index (χ3v) is 5.22. The number of nitrogens with zero attached hydrogens (tertiary/aromatic N) is 3. The Morgan fingerprint density at radius 2 is 2.06 bits per heavy atom. The van der Waals surface area contributed by atoms with Gasteiger partial charge in [-0.3, -0.25) is 9.39 Å². The van der Waals surface area contributed by atoms with Gasteiger partial charge in [0.25, 0.3) is 0 Å². The molecule has 3 N–H and O–H groups in total. The fraction of sp³-hybridized carbons (Fsp3) is 0.238. The average molecular weight is 450 g/mol. The molecule has 0 radical (unpaired) electrons. The Bertz CT molecular complexity index is 1110. The van der Waals surface area contributed by atoms with Crippen molar-refractivity contribution in [3.8, 4) is 5.75 Å². The minimum absolute atomic E-state index is 0.0786. The number of aryl methyl sites for hydroxylation is 1. The number of benzene rings is 1. The van der Waals surface area contributed by atoms with Crippen LogP contribution in [0, 0.1) is 6.92 Å². The van der Waals surface area contributed by atoms with E-state index in [-0.39, 0.29) is 23.6 Å². The standard InChI is InChI=1S/C21H22F3N5OS/c1-13-8-14(9-25)10-29-18(19(21(22,23)24)28-20(13)29)17(26-2)11-31-12-27-15-4-6-16(30-3)7-5-15/h4-8,10-11,27H,2,9,12,25H2,1,3H3/b17-11-. The van der Waals surface area contributed by atoms with Crippen molar-refractivity contribution in [1.82, 2.24) is 9.38 Å². The molecule has 0 aliphatic heterocycles. The Hall–Kier alpha value is -2.98. The quantitative estimate of drug-likeness (QED) is 0.290. The Balaban J connectivity index is 1.92. The van der Waals surface area contributed by atoms with Gasteiger partial charge < -0.3 is 15.8 Å². The van der Waals surface area contributed by atoms with E-state index >= 15 is 0 Å². The summed E-state index contributed by atoms with van der Waals surface area (Å²) in [5.74, 6) is 1.15. The number of methoxy groups -OCH3 is 1. The van der Waals surface area contributed by atoms with Crippen LogP contribution < -0.4 is 15.8 Å². The van der Waals surface area contributed by atoms with Gasteiger partial charge in [0.1, 0.15) is 17.1 Å². The lowest BCUT2D eigenvalue weighted by atomic mass is 10.2. The molecule has 3 rings (SSSR count). The van der Waals surface area contributed by atoms with Crippen LogP contribution in [-0.4, -0.2) is 29.1 Å². The smallest absolute Gasteiger partial charge is 0.435 e. The Morgan fingerprint density at radius 3 is 2.65 bits per heavy atom. The monoisotopic (exact) mass is 449 g/mol. The SMILES string of the molecule is C=N/C(=C\SCNc1ccc(OC)cc1)c1c(C(F)(F)F)nc2c(C)cc(CN)cn12. The second kappa shape index (κ2) is 9.44. The van der Waals surface area contributed by atoms with Crippen LogP contribution in [0.3, 0.4) is 0 Å². The molecular formula is C21H22F3N5OS. The first-order chi connectivity index (χ1) is 14.8. The number of anilines is 1. The summed E-state index contributed by atoms with van der Waals surface area (Å²) in [5, 5.41) is 4.70. The lowest BCUT2D eigenvalue weighted by Gasteiger charge is -2.10. The third kappa shape index (κ3) is 5.02. The number of aliphatic imine (C=N–C) groups is 1. The van der Waals surface area contributed by atoms with Crippen LogP contribution in [0.1, 0.15) is 22.5 Å². The summed E-state index contributed by atoms with van der Waals surface area (Å²) in [6.45, 7) is 5.36. The first-order valence-electron chi connectivity index (χ1n) is 9.24. The molecule has 1 aromatic carbocycles. The molecule has 2 heterocycles. The largest absolute Gasteiger partial charge is 0.497 e. The van der Waals surface area contributed by atoms with Gasteiger partial charge in [0.05, 0.1) is 18.7 Å². The number of nitrogens with one attached hydrogen (secondary N) is 1. The second-order valence-electron chi connectivity index (χ2n) is 6.61. The lowest BCUT2D eigenvalue weighted by molar-refractivity contribution is -0.141. The summed E-state index contributed by atoms with van der Waals surface area (Å²) in [7, 11) is 1.58. The molecule has 0 fully saturated rings. The zero-order valence-electron chi connectivity index (χ0n) is 17.0. The van der Waals surface area contributed by atoms with Gasteiger partial charge in [-0.15, -0.1) is 11.8 Å². The van der Waals surface area contributed by atoms with E-state index in [2.05, 4.69) is 22.0 Å². The lowest BCUT2D eigenvalue weighted by Crippen LogP contribution is -2.09. The number of fused-ring (bicyclic) bond motifs is 1. The maximum Gasteiger partial charge on any atom is 0.435 e. The van der Waals surface area contributed by atoms with Gasteiger partial charge in [-0.2, -0.15) is 13.2 Å². The molecule has 164 valence electrons. The van der Waals surface area contributed by atoms with Crippen LogP contribution in [-0.2, 0) is 12.7 Å². The summed E-state index contributed by atoms with van der Waals surface area (Å²) in [6.07, 6.45) is -3.09. The summed E-state index contributed by atoms with van der Waals surface area (Å²) in [5.41, 5.74) is 6.96. The van der Waals surface area contributed by atoms with Crippen LogP contribution in [0.2, 0.25) is 0 Å². The molecule has 31 heavy (non-hydrogen) atoms. The minimum Gasteiger partial charge on any atom is -0.497 e. The van der Waals surface area contributed by atoms with Crippen molar-refractivity contribution in [2.45, 2.75) is 19.6 Å². The van der Waals surface area contributed by atoms with E-state index in [1.807, 2.05) is 24.3 Å². The van der Waals surface area contributed by atoms with Crippen LogP contribution in [0.25, 0.3) is 11.3 Å². The predicted molar refractivity (Wildman–Crippen MR) is 119 cm³/mol. The first-order valence-corrected chi connectivity index (χ1v) is 10.3. The Kier molecular flexibility index (Phi) is 6.91. The average Bonchev–Trinajstić information content (AvgIpc) is 3.14. The van der Waals surface area contributed by atoms with E-state index in [0.717, 1.165) is 11.4 Å². The van der Waals surface area contributed by atoms with Gasteiger partial charge in [-0.05, 0) is 55.1 Å². The maximum atomic E-state index is 13.7. The van der Waals surface area contributed by atoms with E-state index < -0.39 is 11.9 Å². The van der Waals surface area contributed by atoms with Crippen molar-refractivity contribution >= 4 is 35.5 Å². The zero-order chi connectivity index (χ0) is 22.6. The van der Waals surface area contributed by atoms with Crippen LogP contribution >= 0.6 is 11.8 Å². The molecule has 0 saturated heterocycles. The number of alkyl halides is 3. The fourth-order valence-corrected chi connectivity index (χ4v) is 3.74. The van der Waals surface area contributed by atoms with Crippen molar-refractivity contribution in [2.75, 3.05) is 18.3 Å². The van der Waals surface area contributed by atoms with Gasteiger partial charge in [0.2, 0.25) is 0 Å². The number of nitrogens with two attached hydrogens (primary N) is 1. The van der Waals surface area contributed by atoms with Gasteiger partial charge >= 0.3 is 6.18 Å². The van der Waals surface area contributed by atoms with E-state index in [0.29, 0.717) is 17.0 Å². The minimum atomic E-state index is -4.65. The molecule has 10 heteroatoms. The van der Waals surface area contributed by atoms with E-state index in [1.54, 1.807) is 26.3 Å². The zero-order valence-corrected chi connectivity index (χ0v) is 17.8. The normalized spacial score (nSPS) is 12.3. The second-order valence-corrected chi connectivity index (χ2v) is 7.47. The topological polar surface area (TPSA) is 76.9 Å². The number of thioether (sulfide) groups is 1. The molecule has 0 amide bonds. The van der Waals surface area contributed by atoms with Gasteiger partial charge in [-0.1, -0.05) is 0 Å².